The zero-order valence-corrected chi connectivity index (χ0v) is 14.2. The van der Waals surface area contributed by atoms with E-state index in [4.69, 9.17) is 0 Å². The molecule has 0 saturated heterocycles. The van der Waals surface area contributed by atoms with Crippen LogP contribution in [0, 0.1) is 0 Å². The Kier molecular flexibility index (Phi) is 3.96. The third-order valence-electron chi connectivity index (χ3n) is 3.66. The van der Waals surface area contributed by atoms with Crippen LogP contribution in [0.1, 0.15) is 12.1 Å². The summed E-state index contributed by atoms with van der Waals surface area (Å²) in [6, 6.07) is 12.3. The number of hydrogen-bond acceptors (Lipinski definition) is 4. The lowest BCUT2D eigenvalue weighted by atomic mass is 10.1. The summed E-state index contributed by atoms with van der Waals surface area (Å²) in [4.78, 5) is 12.7. The van der Waals surface area contributed by atoms with Crippen molar-refractivity contribution in [3.05, 3.63) is 65.2 Å². The van der Waals surface area contributed by atoms with Gasteiger partial charge in [-0.05, 0) is 30.3 Å². The van der Waals surface area contributed by atoms with E-state index in [9.17, 15) is 8.78 Å². The van der Waals surface area contributed by atoms with Gasteiger partial charge in [-0.25, -0.2) is 28.2 Å². The average Bonchev–Trinajstić information content (AvgIpc) is 3.05. The summed E-state index contributed by atoms with van der Waals surface area (Å²) >= 11 is 3.43. The fourth-order valence-corrected chi connectivity index (χ4v) is 2.88. The topological polar surface area (TPSA) is 56.0 Å². The van der Waals surface area contributed by atoms with Crippen molar-refractivity contribution in [3.8, 4) is 22.6 Å². The molecule has 0 spiro atoms. The SMILES string of the molecule is FC(F)c1ccc2ncc(-c3cc(-c4cccc(Br)c4)ncn3)n2n1. The summed E-state index contributed by atoms with van der Waals surface area (Å²) in [5.41, 5.74) is 2.86. The molecule has 8 heteroatoms. The molecule has 3 heterocycles. The lowest BCUT2D eigenvalue weighted by Crippen LogP contribution is -2.01. The van der Waals surface area contributed by atoms with E-state index in [0.29, 0.717) is 22.7 Å². The van der Waals surface area contributed by atoms with Gasteiger partial charge in [-0.1, -0.05) is 28.1 Å². The maximum atomic E-state index is 12.9. The highest BCUT2D eigenvalue weighted by Gasteiger charge is 2.14. The van der Waals surface area contributed by atoms with Crippen molar-refractivity contribution >= 4 is 21.6 Å². The number of fused-ring (bicyclic) bond motifs is 1. The molecule has 0 aliphatic rings. The second-order valence-corrected chi connectivity index (χ2v) is 6.19. The van der Waals surface area contributed by atoms with E-state index in [1.807, 2.05) is 24.3 Å². The van der Waals surface area contributed by atoms with Crippen molar-refractivity contribution in [2.75, 3.05) is 0 Å². The molecule has 0 amide bonds. The van der Waals surface area contributed by atoms with E-state index in [0.717, 1.165) is 10.0 Å². The van der Waals surface area contributed by atoms with Crippen LogP contribution in [-0.4, -0.2) is 24.6 Å². The first-order chi connectivity index (χ1) is 12.1. The van der Waals surface area contributed by atoms with Gasteiger partial charge in [-0.3, -0.25) is 0 Å². The predicted molar refractivity (Wildman–Crippen MR) is 92.1 cm³/mol. The lowest BCUT2D eigenvalue weighted by molar-refractivity contribution is 0.144. The number of rotatable bonds is 3. The molecule has 1 aromatic carbocycles. The molecule has 0 unspecified atom stereocenters. The largest absolute Gasteiger partial charge is 0.282 e. The summed E-state index contributed by atoms with van der Waals surface area (Å²) in [7, 11) is 0. The van der Waals surface area contributed by atoms with Gasteiger partial charge >= 0.3 is 0 Å². The molecule has 25 heavy (non-hydrogen) atoms. The highest BCUT2D eigenvalue weighted by Crippen LogP contribution is 2.26. The number of benzene rings is 1. The molecule has 0 aliphatic heterocycles. The van der Waals surface area contributed by atoms with E-state index in [1.165, 1.54) is 23.0 Å². The standard InChI is InChI=1S/C17H10BrF2N5/c18-11-3-1-2-10(6-11)13-7-14(23-9-22-13)15-8-21-16-5-4-12(17(19)20)24-25(15)16/h1-9,17H. The first-order valence-electron chi connectivity index (χ1n) is 7.33. The van der Waals surface area contributed by atoms with E-state index in [-0.39, 0.29) is 5.69 Å². The minimum absolute atomic E-state index is 0.312. The van der Waals surface area contributed by atoms with Gasteiger partial charge in [0, 0.05) is 10.0 Å². The van der Waals surface area contributed by atoms with Crippen LogP contribution in [-0.2, 0) is 0 Å². The number of imidazole rings is 1. The minimum atomic E-state index is -2.65. The molecule has 0 N–H and O–H groups in total. The molecule has 5 nitrogen and oxygen atoms in total. The Morgan fingerprint density at radius 1 is 0.960 bits per heavy atom. The van der Waals surface area contributed by atoms with Gasteiger partial charge in [0.05, 0.1) is 17.6 Å². The maximum Gasteiger partial charge on any atom is 0.282 e. The molecule has 0 atom stereocenters. The van der Waals surface area contributed by atoms with Gasteiger partial charge in [-0.15, -0.1) is 0 Å². The van der Waals surface area contributed by atoms with Gasteiger partial charge in [0.2, 0.25) is 0 Å². The smallest absolute Gasteiger partial charge is 0.236 e. The molecule has 124 valence electrons. The first kappa shape index (κ1) is 15.8. The number of nitrogens with zero attached hydrogens (tertiary/aromatic N) is 5. The van der Waals surface area contributed by atoms with Gasteiger partial charge in [0.25, 0.3) is 6.43 Å². The Labute approximate surface area is 149 Å². The van der Waals surface area contributed by atoms with Crippen molar-refractivity contribution in [1.82, 2.24) is 24.6 Å². The highest BCUT2D eigenvalue weighted by molar-refractivity contribution is 9.10. The fourth-order valence-electron chi connectivity index (χ4n) is 2.48. The Balaban J connectivity index is 1.84. The van der Waals surface area contributed by atoms with E-state index >= 15 is 0 Å². The van der Waals surface area contributed by atoms with Gasteiger partial charge in [0.1, 0.15) is 17.7 Å². The Hall–Kier alpha value is -2.74. The molecule has 0 aliphatic carbocycles. The van der Waals surface area contributed by atoms with Gasteiger partial charge in [-0.2, -0.15) is 5.10 Å². The fraction of sp³-hybridized carbons (Fsp3) is 0.0588. The van der Waals surface area contributed by atoms with Crippen LogP contribution in [0.5, 0.6) is 0 Å². The van der Waals surface area contributed by atoms with Crippen LogP contribution in [0.2, 0.25) is 0 Å². The third-order valence-corrected chi connectivity index (χ3v) is 4.15. The zero-order chi connectivity index (χ0) is 17.4. The lowest BCUT2D eigenvalue weighted by Gasteiger charge is -2.05. The maximum absolute atomic E-state index is 12.9. The molecule has 3 aromatic heterocycles. The van der Waals surface area contributed by atoms with Gasteiger partial charge in [0.15, 0.2) is 5.65 Å². The monoisotopic (exact) mass is 401 g/mol. The van der Waals surface area contributed by atoms with Crippen molar-refractivity contribution in [2.45, 2.75) is 6.43 Å². The summed E-state index contributed by atoms with van der Waals surface area (Å²) in [6.07, 6.45) is 0.342. The second kappa shape index (κ2) is 6.29. The van der Waals surface area contributed by atoms with Crippen LogP contribution < -0.4 is 0 Å². The highest BCUT2D eigenvalue weighted by atomic mass is 79.9. The number of alkyl halides is 2. The number of halogens is 3. The van der Waals surface area contributed by atoms with Crippen LogP contribution in [0.15, 0.2) is 59.5 Å². The molecule has 0 bridgehead atoms. The van der Waals surface area contributed by atoms with E-state index in [2.05, 4.69) is 36.0 Å². The first-order valence-corrected chi connectivity index (χ1v) is 8.12. The van der Waals surface area contributed by atoms with Crippen LogP contribution in [0.3, 0.4) is 0 Å². The average molecular weight is 402 g/mol. The summed E-state index contributed by atoms with van der Waals surface area (Å²) in [6.45, 7) is 0. The van der Waals surface area contributed by atoms with Crippen LogP contribution >= 0.6 is 15.9 Å². The Morgan fingerprint density at radius 2 is 1.80 bits per heavy atom. The van der Waals surface area contributed by atoms with E-state index < -0.39 is 6.43 Å². The van der Waals surface area contributed by atoms with Gasteiger partial charge < -0.3 is 0 Å². The summed E-state index contributed by atoms with van der Waals surface area (Å²) in [5, 5.41) is 3.96. The zero-order valence-electron chi connectivity index (χ0n) is 12.6. The van der Waals surface area contributed by atoms with Crippen molar-refractivity contribution in [1.29, 1.82) is 0 Å². The quantitative estimate of drug-likeness (QED) is 0.505. The normalized spacial score (nSPS) is 11.4. The Morgan fingerprint density at radius 3 is 2.60 bits per heavy atom. The van der Waals surface area contributed by atoms with Crippen LogP contribution in [0.25, 0.3) is 28.3 Å². The molecule has 0 radical (unpaired) electrons. The predicted octanol–water partition coefficient (Wildman–Crippen LogP) is 4.55. The molecule has 0 fully saturated rings. The third kappa shape index (κ3) is 3.00. The molecule has 4 rings (SSSR count). The summed E-state index contributed by atoms with van der Waals surface area (Å²) < 4.78 is 28.2. The van der Waals surface area contributed by atoms with E-state index in [1.54, 1.807) is 12.3 Å². The molecule has 4 aromatic rings. The second-order valence-electron chi connectivity index (χ2n) is 5.27. The number of hydrogen-bond donors (Lipinski definition) is 0. The van der Waals surface area contributed by atoms with Crippen molar-refractivity contribution in [3.63, 3.8) is 0 Å². The minimum Gasteiger partial charge on any atom is -0.236 e. The number of aromatic nitrogens is 5. The molecule has 0 saturated carbocycles. The van der Waals surface area contributed by atoms with Crippen molar-refractivity contribution < 1.29 is 8.78 Å². The molecular formula is C17H10BrF2N5. The van der Waals surface area contributed by atoms with Crippen molar-refractivity contribution in [2.24, 2.45) is 0 Å². The molecular weight excluding hydrogens is 392 g/mol. The summed E-state index contributed by atoms with van der Waals surface area (Å²) in [5.74, 6) is 0. The Bertz CT molecular complexity index is 1060. The van der Waals surface area contributed by atoms with Crippen LogP contribution in [0.4, 0.5) is 8.78 Å².